The fourth-order valence-electron chi connectivity index (χ4n) is 2.55. The van der Waals surface area contributed by atoms with Crippen molar-refractivity contribution in [1.29, 1.82) is 0 Å². The molecule has 0 spiro atoms. The van der Waals surface area contributed by atoms with Crippen LogP contribution in [-0.2, 0) is 11.3 Å². The Morgan fingerprint density at radius 3 is 2.48 bits per heavy atom. The number of hydrogen-bond acceptors (Lipinski definition) is 7. The van der Waals surface area contributed by atoms with E-state index in [9.17, 15) is 24.3 Å². The van der Waals surface area contributed by atoms with Crippen molar-refractivity contribution in [2.75, 3.05) is 7.11 Å². The molecule has 1 aromatic carbocycles. The van der Waals surface area contributed by atoms with E-state index in [2.05, 4.69) is 20.1 Å². The summed E-state index contributed by atoms with van der Waals surface area (Å²) in [6.07, 6.45) is 1.08. The Balaban J connectivity index is 1.85. The Bertz CT molecular complexity index is 1140. The summed E-state index contributed by atoms with van der Waals surface area (Å²) >= 11 is 0. The molecule has 0 saturated carbocycles. The van der Waals surface area contributed by atoms with Crippen LogP contribution in [0.25, 0.3) is 5.65 Å². The minimum absolute atomic E-state index is 0.0947. The van der Waals surface area contributed by atoms with Crippen LogP contribution in [0.4, 0.5) is 0 Å². The van der Waals surface area contributed by atoms with Crippen LogP contribution in [0.2, 0.25) is 0 Å². The number of aromatic nitrogens is 3. The number of ether oxygens (including phenoxy) is 1. The van der Waals surface area contributed by atoms with Gasteiger partial charge in [0.05, 0.1) is 18.9 Å². The average molecular weight is 397 g/mol. The molecule has 11 nitrogen and oxygen atoms in total. The second-order valence-electron chi connectivity index (χ2n) is 5.86. The van der Waals surface area contributed by atoms with E-state index in [1.807, 2.05) is 0 Å². The summed E-state index contributed by atoms with van der Waals surface area (Å²) in [7, 11) is 1.27. The number of carboxylic acid groups (broad SMARTS) is 1. The second kappa shape index (κ2) is 7.76. The molecule has 0 aliphatic rings. The molecule has 29 heavy (non-hydrogen) atoms. The lowest BCUT2D eigenvalue weighted by Gasteiger charge is -2.08. The molecule has 0 atom stereocenters. The van der Waals surface area contributed by atoms with Gasteiger partial charge in [0.1, 0.15) is 11.3 Å². The number of primary amides is 1. The Labute approximate surface area is 163 Å². The summed E-state index contributed by atoms with van der Waals surface area (Å²) in [5.41, 5.74) is 5.48. The Hall–Kier alpha value is -4.28. The largest absolute Gasteiger partial charge is 0.477 e. The highest BCUT2D eigenvalue weighted by Crippen LogP contribution is 2.13. The van der Waals surface area contributed by atoms with E-state index >= 15 is 0 Å². The highest BCUT2D eigenvalue weighted by molar-refractivity contribution is 6.01. The molecule has 0 unspecified atom stereocenters. The van der Waals surface area contributed by atoms with Crippen molar-refractivity contribution in [3.63, 3.8) is 0 Å². The molecule has 3 aromatic rings. The van der Waals surface area contributed by atoms with Gasteiger partial charge in [-0.3, -0.25) is 9.59 Å². The number of amides is 2. The number of carboxylic acids is 1. The number of esters is 1. The summed E-state index contributed by atoms with van der Waals surface area (Å²) in [6.45, 7) is 0.0947. The SMILES string of the molecule is COC(=O)c1ccc(CNC(=O)c2cc(C(=O)O)n3ncc(C(N)=O)c3n2)cc1. The fourth-order valence-corrected chi connectivity index (χ4v) is 2.55. The third-order valence-corrected chi connectivity index (χ3v) is 4.02. The van der Waals surface area contributed by atoms with Gasteiger partial charge in [-0.25, -0.2) is 19.1 Å². The van der Waals surface area contributed by atoms with Crippen molar-refractivity contribution in [3.8, 4) is 0 Å². The van der Waals surface area contributed by atoms with Gasteiger partial charge in [-0.15, -0.1) is 0 Å². The molecule has 2 aromatic heterocycles. The number of carbonyl (C=O) groups is 4. The van der Waals surface area contributed by atoms with Crippen LogP contribution in [0.15, 0.2) is 36.5 Å². The molecular formula is C18H15N5O6. The van der Waals surface area contributed by atoms with Crippen molar-refractivity contribution in [2.45, 2.75) is 6.54 Å². The molecule has 0 aliphatic carbocycles. The third-order valence-electron chi connectivity index (χ3n) is 4.02. The molecule has 11 heteroatoms. The summed E-state index contributed by atoms with van der Waals surface area (Å²) in [4.78, 5) is 50.9. The molecule has 2 amide bonds. The smallest absolute Gasteiger partial charge is 0.354 e. The highest BCUT2D eigenvalue weighted by Gasteiger charge is 2.21. The maximum absolute atomic E-state index is 12.5. The molecule has 4 N–H and O–H groups in total. The number of nitrogens with two attached hydrogens (primary N) is 1. The van der Waals surface area contributed by atoms with Crippen molar-refractivity contribution in [1.82, 2.24) is 19.9 Å². The maximum atomic E-state index is 12.5. The lowest BCUT2D eigenvalue weighted by molar-refractivity contribution is 0.0599. The van der Waals surface area contributed by atoms with E-state index in [4.69, 9.17) is 5.73 Å². The number of methoxy groups -OCH3 is 1. The molecular weight excluding hydrogens is 382 g/mol. The molecule has 0 aliphatic heterocycles. The molecule has 0 bridgehead atoms. The standard InChI is InChI=1S/C18H15N5O6/c1-29-18(28)10-4-2-9(3-5-10)7-20-16(25)12-6-13(17(26)27)23-15(22-12)11(8-21-23)14(19)24/h2-6,8H,7H2,1H3,(H2,19,24)(H,20,25)(H,26,27). The van der Waals surface area contributed by atoms with E-state index in [1.165, 1.54) is 7.11 Å². The van der Waals surface area contributed by atoms with E-state index in [0.717, 1.165) is 16.8 Å². The number of carbonyl (C=O) groups excluding carboxylic acids is 3. The van der Waals surface area contributed by atoms with E-state index in [-0.39, 0.29) is 29.1 Å². The van der Waals surface area contributed by atoms with Gasteiger partial charge >= 0.3 is 11.9 Å². The van der Waals surface area contributed by atoms with Gasteiger partial charge in [0.25, 0.3) is 11.8 Å². The zero-order chi connectivity index (χ0) is 21.1. The van der Waals surface area contributed by atoms with Gasteiger partial charge in [0.15, 0.2) is 11.3 Å². The van der Waals surface area contributed by atoms with Crippen LogP contribution in [-0.4, -0.2) is 50.6 Å². The van der Waals surface area contributed by atoms with Gasteiger partial charge in [0.2, 0.25) is 0 Å². The molecule has 0 radical (unpaired) electrons. The van der Waals surface area contributed by atoms with Crippen LogP contribution in [0.1, 0.15) is 47.3 Å². The number of aromatic carboxylic acids is 1. The summed E-state index contributed by atoms with van der Waals surface area (Å²) in [5, 5.41) is 15.7. The summed E-state index contributed by atoms with van der Waals surface area (Å²) in [6, 6.07) is 7.40. The lowest BCUT2D eigenvalue weighted by Crippen LogP contribution is -2.25. The van der Waals surface area contributed by atoms with Crippen molar-refractivity contribution in [2.24, 2.45) is 5.73 Å². The zero-order valence-electron chi connectivity index (χ0n) is 15.1. The van der Waals surface area contributed by atoms with Gasteiger partial charge in [-0.05, 0) is 17.7 Å². The number of nitrogens with one attached hydrogen (secondary N) is 1. The predicted octanol–water partition coefficient (Wildman–Crippen LogP) is 0.243. The Morgan fingerprint density at radius 1 is 1.21 bits per heavy atom. The molecule has 0 saturated heterocycles. The number of rotatable bonds is 6. The summed E-state index contributed by atoms with van der Waals surface area (Å²) in [5.74, 6) is -3.36. The first kappa shape index (κ1) is 19.5. The topological polar surface area (TPSA) is 166 Å². The van der Waals surface area contributed by atoms with Crippen LogP contribution in [0, 0.1) is 0 Å². The third kappa shape index (κ3) is 3.88. The fraction of sp³-hybridized carbons (Fsp3) is 0.111. The number of benzene rings is 1. The van der Waals surface area contributed by atoms with Crippen LogP contribution in [0.5, 0.6) is 0 Å². The van der Waals surface area contributed by atoms with Crippen LogP contribution < -0.4 is 11.1 Å². The van der Waals surface area contributed by atoms with Crippen molar-refractivity contribution < 1.29 is 29.0 Å². The molecule has 0 fully saturated rings. The van der Waals surface area contributed by atoms with E-state index in [0.29, 0.717) is 11.1 Å². The average Bonchev–Trinajstić information content (AvgIpc) is 3.15. The number of nitrogens with zero attached hydrogens (tertiary/aromatic N) is 3. The Morgan fingerprint density at radius 2 is 1.90 bits per heavy atom. The van der Waals surface area contributed by atoms with Crippen molar-refractivity contribution >= 4 is 29.4 Å². The molecule has 3 rings (SSSR count). The summed E-state index contributed by atoms with van der Waals surface area (Å²) < 4.78 is 5.53. The zero-order valence-corrected chi connectivity index (χ0v) is 15.1. The van der Waals surface area contributed by atoms with Gasteiger partial charge in [-0.2, -0.15) is 5.10 Å². The maximum Gasteiger partial charge on any atom is 0.354 e. The van der Waals surface area contributed by atoms with E-state index < -0.39 is 23.8 Å². The lowest BCUT2D eigenvalue weighted by atomic mass is 10.1. The number of hydrogen-bond donors (Lipinski definition) is 3. The van der Waals surface area contributed by atoms with Crippen LogP contribution >= 0.6 is 0 Å². The quantitative estimate of drug-likeness (QED) is 0.497. The van der Waals surface area contributed by atoms with Crippen LogP contribution in [0.3, 0.4) is 0 Å². The first-order valence-electron chi connectivity index (χ1n) is 8.19. The highest BCUT2D eigenvalue weighted by atomic mass is 16.5. The van der Waals surface area contributed by atoms with Gasteiger partial charge < -0.3 is 20.9 Å². The van der Waals surface area contributed by atoms with Gasteiger partial charge in [-0.1, -0.05) is 12.1 Å². The first-order valence-corrected chi connectivity index (χ1v) is 8.19. The number of fused-ring (bicyclic) bond motifs is 1. The van der Waals surface area contributed by atoms with Gasteiger partial charge in [0, 0.05) is 12.6 Å². The molecule has 148 valence electrons. The predicted molar refractivity (Wildman–Crippen MR) is 97.4 cm³/mol. The second-order valence-corrected chi connectivity index (χ2v) is 5.86. The molecule has 2 heterocycles. The van der Waals surface area contributed by atoms with Crippen molar-refractivity contribution in [3.05, 3.63) is 64.6 Å². The normalized spacial score (nSPS) is 10.5. The Kier molecular flexibility index (Phi) is 5.21. The minimum atomic E-state index is -1.36. The van der Waals surface area contributed by atoms with E-state index in [1.54, 1.807) is 24.3 Å². The monoisotopic (exact) mass is 397 g/mol. The minimum Gasteiger partial charge on any atom is -0.477 e. The first-order chi connectivity index (χ1) is 13.8.